The van der Waals surface area contributed by atoms with E-state index in [4.69, 9.17) is 5.11 Å². The van der Waals surface area contributed by atoms with E-state index in [2.05, 4.69) is 10.2 Å². The summed E-state index contributed by atoms with van der Waals surface area (Å²) < 4.78 is 0. The van der Waals surface area contributed by atoms with Crippen molar-refractivity contribution in [3.8, 4) is 0 Å². The van der Waals surface area contributed by atoms with E-state index in [0.29, 0.717) is 12.0 Å². The molecular formula is C10H8N2O2. The van der Waals surface area contributed by atoms with Gasteiger partial charge in [0.1, 0.15) is 0 Å². The average molecular weight is 188 g/mol. The van der Waals surface area contributed by atoms with Gasteiger partial charge in [-0.25, -0.2) is 4.79 Å². The van der Waals surface area contributed by atoms with Crippen LogP contribution in [-0.4, -0.2) is 23.5 Å². The molecule has 0 spiro atoms. The molecule has 4 heteroatoms. The van der Waals surface area contributed by atoms with Gasteiger partial charge in [0.2, 0.25) is 0 Å². The van der Waals surface area contributed by atoms with Gasteiger partial charge in [-0.2, -0.15) is 10.2 Å². The highest BCUT2D eigenvalue weighted by Crippen LogP contribution is 2.23. The van der Waals surface area contributed by atoms with Gasteiger partial charge in [0.15, 0.2) is 0 Å². The molecule has 0 amide bonds. The number of carboxylic acids is 1. The van der Waals surface area contributed by atoms with Crippen molar-refractivity contribution in [2.75, 3.05) is 0 Å². The number of allylic oxidation sites excluding steroid dienone is 5. The molecule has 0 atom stereocenters. The fraction of sp³-hybridized carbons (Fsp3) is 0.100. The fourth-order valence-electron chi connectivity index (χ4n) is 1.35. The minimum Gasteiger partial charge on any atom is -0.478 e. The zero-order valence-electron chi connectivity index (χ0n) is 7.34. The molecule has 14 heavy (non-hydrogen) atoms. The van der Waals surface area contributed by atoms with E-state index in [1.54, 1.807) is 30.7 Å². The van der Waals surface area contributed by atoms with Crippen LogP contribution in [-0.2, 0) is 4.79 Å². The van der Waals surface area contributed by atoms with Crippen LogP contribution in [0.1, 0.15) is 6.42 Å². The number of hydrogen-bond acceptors (Lipinski definition) is 3. The molecule has 0 aromatic rings. The molecule has 1 aliphatic carbocycles. The molecule has 2 aliphatic rings. The summed E-state index contributed by atoms with van der Waals surface area (Å²) in [4.78, 5) is 10.7. The first-order chi connectivity index (χ1) is 6.77. The number of nitrogens with zero attached hydrogens (tertiary/aromatic N) is 2. The molecule has 1 N–H and O–H groups in total. The first-order valence-corrected chi connectivity index (χ1v) is 4.17. The van der Waals surface area contributed by atoms with Crippen LogP contribution in [0.2, 0.25) is 0 Å². The minimum absolute atomic E-state index is 0.392. The summed E-state index contributed by atoms with van der Waals surface area (Å²) in [5.41, 5.74) is 2.26. The van der Waals surface area contributed by atoms with Crippen LogP contribution >= 0.6 is 0 Å². The van der Waals surface area contributed by atoms with Crippen LogP contribution in [0.3, 0.4) is 0 Å². The number of fused-ring (bicyclic) bond motifs is 1. The predicted molar refractivity (Wildman–Crippen MR) is 53.5 cm³/mol. The lowest BCUT2D eigenvalue weighted by Crippen LogP contribution is -2.06. The largest absolute Gasteiger partial charge is 0.478 e. The summed E-state index contributed by atoms with van der Waals surface area (Å²) in [6.07, 6.45) is 8.76. The molecule has 1 aliphatic heterocycles. The molecule has 0 bridgehead atoms. The molecule has 0 radical (unpaired) electrons. The first kappa shape index (κ1) is 8.62. The van der Waals surface area contributed by atoms with E-state index in [0.717, 1.165) is 11.1 Å². The van der Waals surface area contributed by atoms with E-state index in [9.17, 15) is 4.79 Å². The van der Waals surface area contributed by atoms with Gasteiger partial charge in [0, 0.05) is 18.2 Å². The second-order valence-corrected chi connectivity index (χ2v) is 3.00. The van der Waals surface area contributed by atoms with E-state index in [1.165, 1.54) is 0 Å². The molecule has 0 aromatic heterocycles. The van der Waals surface area contributed by atoms with Crippen molar-refractivity contribution in [2.24, 2.45) is 10.2 Å². The number of aliphatic carboxylic acids is 1. The van der Waals surface area contributed by atoms with E-state index in [1.807, 2.05) is 0 Å². The smallest absolute Gasteiger partial charge is 0.331 e. The standard InChI is InChI=1S/C10H8N2O2/c13-10(14)8-1-2-9-6-12-11-4-3-7(9)5-8/h1-4,6H,5H2,(H,13,14). The summed E-state index contributed by atoms with van der Waals surface area (Å²) in [7, 11) is 0. The lowest BCUT2D eigenvalue weighted by molar-refractivity contribution is -0.132. The summed E-state index contributed by atoms with van der Waals surface area (Å²) in [6, 6.07) is 0. The van der Waals surface area contributed by atoms with Crippen LogP contribution in [0, 0.1) is 0 Å². The van der Waals surface area contributed by atoms with Crippen LogP contribution in [0.5, 0.6) is 0 Å². The maximum Gasteiger partial charge on any atom is 0.331 e. The Kier molecular flexibility index (Phi) is 2.10. The zero-order chi connectivity index (χ0) is 9.97. The lowest BCUT2D eigenvalue weighted by Gasteiger charge is -2.11. The maximum absolute atomic E-state index is 10.7. The number of carboxylic acid groups (broad SMARTS) is 1. The monoisotopic (exact) mass is 188 g/mol. The van der Waals surface area contributed by atoms with Crippen LogP contribution in [0.15, 0.2) is 45.2 Å². The Balaban J connectivity index is 2.38. The van der Waals surface area contributed by atoms with Crippen molar-refractivity contribution in [1.29, 1.82) is 0 Å². The highest BCUT2D eigenvalue weighted by Gasteiger charge is 2.15. The number of carbonyl (C=O) groups is 1. The molecule has 0 unspecified atom stereocenters. The van der Waals surface area contributed by atoms with Gasteiger partial charge in [0.25, 0.3) is 0 Å². The predicted octanol–water partition coefficient (Wildman–Crippen LogP) is 1.32. The first-order valence-electron chi connectivity index (χ1n) is 4.17. The topological polar surface area (TPSA) is 62.0 Å². The third kappa shape index (κ3) is 1.54. The maximum atomic E-state index is 10.7. The van der Waals surface area contributed by atoms with Crippen LogP contribution in [0.4, 0.5) is 0 Å². The summed E-state index contributed by atoms with van der Waals surface area (Å²) in [5.74, 6) is -0.876. The Morgan fingerprint density at radius 2 is 2.14 bits per heavy atom. The van der Waals surface area contributed by atoms with Crippen molar-refractivity contribution in [2.45, 2.75) is 6.42 Å². The van der Waals surface area contributed by atoms with Crippen molar-refractivity contribution in [3.05, 3.63) is 34.9 Å². The second kappa shape index (κ2) is 3.41. The Labute approximate surface area is 80.7 Å². The zero-order valence-corrected chi connectivity index (χ0v) is 7.34. The minimum atomic E-state index is -0.876. The van der Waals surface area contributed by atoms with Gasteiger partial charge >= 0.3 is 5.97 Å². The van der Waals surface area contributed by atoms with Crippen molar-refractivity contribution < 1.29 is 9.90 Å². The van der Waals surface area contributed by atoms with Crippen LogP contribution < -0.4 is 0 Å². The van der Waals surface area contributed by atoms with Crippen LogP contribution in [0.25, 0.3) is 0 Å². The van der Waals surface area contributed by atoms with E-state index < -0.39 is 5.97 Å². The van der Waals surface area contributed by atoms with Crippen molar-refractivity contribution in [1.82, 2.24) is 0 Å². The highest BCUT2D eigenvalue weighted by molar-refractivity contribution is 5.95. The summed E-state index contributed by atoms with van der Waals surface area (Å²) in [5, 5.41) is 16.3. The Hall–Kier alpha value is -1.97. The van der Waals surface area contributed by atoms with Crippen molar-refractivity contribution >= 4 is 18.4 Å². The summed E-state index contributed by atoms with van der Waals surface area (Å²) >= 11 is 0. The van der Waals surface area contributed by atoms with Crippen molar-refractivity contribution in [3.63, 3.8) is 0 Å². The Morgan fingerprint density at radius 1 is 1.29 bits per heavy atom. The SMILES string of the molecule is O=C(O)C1=CC=C2C=NN=CC=C2C1. The molecule has 0 saturated carbocycles. The normalized spacial score (nSPS) is 19.0. The number of rotatable bonds is 1. The molecule has 1 heterocycles. The third-order valence-electron chi connectivity index (χ3n) is 2.10. The molecule has 70 valence electrons. The van der Waals surface area contributed by atoms with E-state index in [-0.39, 0.29) is 0 Å². The summed E-state index contributed by atoms with van der Waals surface area (Å²) in [6.45, 7) is 0. The molecule has 0 aromatic carbocycles. The quantitative estimate of drug-likeness (QED) is 0.674. The van der Waals surface area contributed by atoms with Gasteiger partial charge in [-0.1, -0.05) is 12.2 Å². The molecule has 0 fully saturated rings. The fourth-order valence-corrected chi connectivity index (χ4v) is 1.35. The molecule has 0 saturated heterocycles. The highest BCUT2D eigenvalue weighted by atomic mass is 16.4. The lowest BCUT2D eigenvalue weighted by atomic mass is 9.93. The van der Waals surface area contributed by atoms with Gasteiger partial charge in [-0.05, 0) is 17.2 Å². The van der Waals surface area contributed by atoms with E-state index >= 15 is 0 Å². The van der Waals surface area contributed by atoms with Gasteiger partial charge in [0.05, 0.1) is 6.21 Å². The second-order valence-electron chi connectivity index (χ2n) is 3.00. The molecule has 2 rings (SSSR count). The number of hydrogen-bond donors (Lipinski definition) is 1. The Bertz CT molecular complexity index is 425. The van der Waals surface area contributed by atoms with Gasteiger partial charge < -0.3 is 5.11 Å². The average Bonchev–Trinajstić information content (AvgIpc) is 2.41. The molecular weight excluding hydrogens is 180 g/mol. The van der Waals surface area contributed by atoms with Gasteiger partial charge in [-0.3, -0.25) is 0 Å². The Morgan fingerprint density at radius 3 is 2.93 bits per heavy atom. The van der Waals surface area contributed by atoms with Gasteiger partial charge in [-0.15, -0.1) is 0 Å². The molecule has 4 nitrogen and oxygen atoms in total. The third-order valence-corrected chi connectivity index (χ3v) is 2.10.